The molecular formula is C20H14N4O2S. The van der Waals surface area contributed by atoms with E-state index in [0.717, 1.165) is 27.5 Å². The van der Waals surface area contributed by atoms with Gasteiger partial charge < -0.3 is 10.6 Å². The van der Waals surface area contributed by atoms with E-state index in [2.05, 4.69) is 15.6 Å². The number of para-hydroxylation sites is 1. The molecule has 2 aromatic heterocycles. The second kappa shape index (κ2) is 6.07. The number of nitrogens with one attached hydrogen (secondary N) is 2. The quantitative estimate of drug-likeness (QED) is 0.576. The fourth-order valence-electron chi connectivity index (χ4n) is 3.25. The third-order valence-electron chi connectivity index (χ3n) is 4.58. The van der Waals surface area contributed by atoms with Gasteiger partial charge in [0, 0.05) is 28.4 Å². The van der Waals surface area contributed by atoms with Gasteiger partial charge in [-0.15, -0.1) is 11.3 Å². The van der Waals surface area contributed by atoms with Crippen LogP contribution in [-0.2, 0) is 4.79 Å². The Balaban J connectivity index is 1.46. The van der Waals surface area contributed by atoms with Crippen LogP contribution in [0.2, 0.25) is 0 Å². The number of nitrogens with zero attached hydrogens (tertiary/aromatic N) is 2. The lowest BCUT2D eigenvalue weighted by Gasteiger charge is -2.11. The van der Waals surface area contributed by atoms with Gasteiger partial charge in [-0.2, -0.15) is 0 Å². The van der Waals surface area contributed by atoms with Crippen LogP contribution < -0.4 is 10.6 Å². The molecule has 0 unspecified atom stereocenters. The molecule has 2 aromatic carbocycles. The molecule has 27 heavy (non-hydrogen) atoms. The van der Waals surface area contributed by atoms with Crippen LogP contribution in [0.25, 0.3) is 16.2 Å². The van der Waals surface area contributed by atoms with Gasteiger partial charge in [0.15, 0.2) is 4.96 Å². The maximum absolute atomic E-state index is 12.8. The van der Waals surface area contributed by atoms with Gasteiger partial charge in [-0.25, -0.2) is 4.98 Å². The van der Waals surface area contributed by atoms with Crippen molar-refractivity contribution in [3.63, 3.8) is 0 Å². The Labute approximate surface area is 158 Å². The van der Waals surface area contributed by atoms with E-state index < -0.39 is 6.04 Å². The van der Waals surface area contributed by atoms with Crippen LogP contribution in [0.3, 0.4) is 0 Å². The van der Waals surface area contributed by atoms with E-state index >= 15 is 0 Å². The summed E-state index contributed by atoms with van der Waals surface area (Å²) in [5.41, 5.74) is 3.77. The summed E-state index contributed by atoms with van der Waals surface area (Å²) in [6.07, 6.45) is 1.85. The SMILES string of the molecule is O=C(N[C@H]1C(=O)Nc2ccccc21)c1csc2nc(-c3ccccc3)cn12. The molecule has 6 nitrogen and oxygen atoms in total. The summed E-state index contributed by atoms with van der Waals surface area (Å²) < 4.78 is 1.76. The summed E-state index contributed by atoms with van der Waals surface area (Å²) in [4.78, 5) is 30.4. The number of rotatable bonds is 3. The summed E-state index contributed by atoms with van der Waals surface area (Å²) in [5, 5.41) is 7.38. The average molecular weight is 374 g/mol. The van der Waals surface area contributed by atoms with E-state index in [1.54, 1.807) is 9.78 Å². The van der Waals surface area contributed by atoms with Crippen LogP contribution in [0.4, 0.5) is 5.69 Å². The van der Waals surface area contributed by atoms with Gasteiger partial charge in [0.2, 0.25) is 0 Å². The summed E-state index contributed by atoms with van der Waals surface area (Å²) in [6, 6.07) is 16.5. The minimum absolute atomic E-state index is 0.230. The first-order valence-electron chi connectivity index (χ1n) is 8.43. The largest absolute Gasteiger partial charge is 0.335 e. The highest BCUT2D eigenvalue weighted by molar-refractivity contribution is 7.15. The number of carbonyl (C=O) groups is 2. The first kappa shape index (κ1) is 15.8. The Morgan fingerprint density at radius 2 is 1.89 bits per heavy atom. The molecule has 2 amide bonds. The molecule has 0 saturated heterocycles. The van der Waals surface area contributed by atoms with Crippen LogP contribution in [0.1, 0.15) is 22.1 Å². The third-order valence-corrected chi connectivity index (χ3v) is 5.42. The average Bonchev–Trinajstić information content (AvgIpc) is 3.35. The normalized spacial score (nSPS) is 15.6. The van der Waals surface area contributed by atoms with Crippen molar-refractivity contribution < 1.29 is 9.59 Å². The standard InChI is InChI=1S/C20H14N4O2S/c25-18(23-17-13-8-4-5-9-14(13)21-19(17)26)16-11-27-20-22-15(10-24(16)20)12-6-2-1-3-7-12/h1-11,17H,(H,21,26)(H,23,25)/t17-/m1/s1. The molecule has 7 heteroatoms. The molecule has 1 aliphatic rings. The van der Waals surface area contributed by atoms with Crippen molar-refractivity contribution in [2.75, 3.05) is 5.32 Å². The summed E-state index contributed by atoms with van der Waals surface area (Å²) in [7, 11) is 0. The van der Waals surface area contributed by atoms with Gasteiger partial charge in [0.25, 0.3) is 11.8 Å². The lowest BCUT2D eigenvalue weighted by atomic mass is 10.1. The molecule has 0 saturated carbocycles. The molecule has 2 N–H and O–H groups in total. The molecule has 0 aliphatic carbocycles. The van der Waals surface area contributed by atoms with Crippen molar-refractivity contribution >= 4 is 33.8 Å². The summed E-state index contributed by atoms with van der Waals surface area (Å²) >= 11 is 1.39. The molecule has 1 aliphatic heterocycles. The predicted molar refractivity (Wildman–Crippen MR) is 104 cm³/mol. The van der Waals surface area contributed by atoms with Gasteiger partial charge in [-0.05, 0) is 6.07 Å². The minimum atomic E-state index is -0.694. The molecule has 4 aromatic rings. The Bertz CT molecular complexity index is 1180. The van der Waals surface area contributed by atoms with E-state index in [1.807, 2.05) is 60.8 Å². The monoisotopic (exact) mass is 374 g/mol. The Kier molecular flexibility index (Phi) is 3.54. The number of anilines is 1. The zero-order chi connectivity index (χ0) is 18.4. The van der Waals surface area contributed by atoms with Crippen molar-refractivity contribution in [1.29, 1.82) is 0 Å². The number of imidazole rings is 1. The maximum atomic E-state index is 12.8. The van der Waals surface area contributed by atoms with Gasteiger partial charge in [-0.1, -0.05) is 48.5 Å². The molecule has 0 spiro atoms. The highest BCUT2D eigenvalue weighted by Crippen LogP contribution is 2.31. The topological polar surface area (TPSA) is 75.5 Å². The fourth-order valence-corrected chi connectivity index (χ4v) is 4.11. The van der Waals surface area contributed by atoms with Crippen LogP contribution in [0.15, 0.2) is 66.2 Å². The predicted octanol–water partition coefficient (Wildman–Crippen LogP) is 3.49. The molecule has 5 rings (SSSR count). The Morgan fingerprint density at radius 1 is 1.11 bits per heavy atom. The lowest BCUT2D eigenvalue weighted by molar-refractivity contribution is -0.117. The molecule has 3 heterocycles. The molecular weight excluding hydrogens is 360 g/mol. The number of amides is 2. The van der Waals surface area contributed by atoms with Crippen molar-refractivity contribution in [1.82, 2.24) is 14.7 Å². The van der Waals surface area contributed by atoms with Crippen molar-refractivity contribution in [3.05, 3.63) is 77.4 Å². The van der Waals surface area contributed by atoms with Gasteiger partial charge in [0.1, 0.15) is 11.7 Å². The Morgan fingerprint density at radius 3 is 2.74 bits per heavy atom. The molecule has 132 valence electrons. The fraction of sp³-hybridized carbons (Fsp3) is 0.0500. The smallest absolute Gasteiger partial charge is 0.270 e. The molecule has 0 radical (unpaired) electrons. The lowest BCUT2D eigenvalue weighted by Crippen LogP contribution is -2.33. The number of aromatic nitrogens is 2. The van der Waals surface area contributed by atoms with Crippen molar-refractivity contribution in [2.24, 2.45) is 0 Å². The number of thiazole rings is 1. The second-order valence-corrected chi connectivity index (χ2v) is 7.09. The van der Waals surface area contributed by atoms with Gasteiger partial charge in [-0.3, -0.25) is 14.0 Å². The van der Waals surface area contributed by atoms with Crippen LogP contribution in [0.5, 0.6) is 0 Å². The van der Waals surface area contributed by atoms with E-state index in [1.165, 1.54) is 11.3 Å². The van der Waals surface area contributed by atoms with Gasteiger partial charge >= 0.3 is 0 Å². The maximum Gasteiger partial charge on any atom is 0.270 e. The number of hydrogen-bond donors (Lipinski definition) is 2. The zero-order valence-corrected chi connectivity index (χ0v) is 14.9. The summed E-state index contributed by atoms with van der Waals surface area (Å²) in [6.45, 7) is 0. The molecule has 0 bridgehead atoms. The first-order valence-corrected chi connectivity index (χ1v) is 9.31. The number of fused-ring (bicyclic) bond motifs is 2. The first-order chi connectivity index (χ1) is 13.2. The van der Waals surface area contributed by atoms with Crippen LogP contribution in [-0.4, -0.2) is 21.2 Å². The highest BCUT2D eigenvalue weighted by Gasteiger charge is 2.32. The number of benzene rings is 2. The van der Waals surface area contributed by atoms with Crippen molar-refractivity contribution in [3.8, 4) is 11.3 Å². The second-order valence-electron chi connectivity index (χ2n) is 6.25. The molecule has 1 atom stereocenters. The van der Waals surface area contributed by atoms with E-state index in [0.29, 0.717) is 5.69 Å². The molecule has 0 fully saturated rings. The van der Waals surface area contributed by atoms with Crippen LogP contribution in [0, 0.1) is 0 Å². The number of carbonyl (C=O) groups excluding carboxylic acids is 2. The number of hydrogen-bond acceptors (Lipinski definition) is 4. The minimum Gasteiger partial charge on any atom is -0.335 e. The summed E-state index contributed by atoms with van der Waals surface area (Å²) in [5.74, 6) is -0.540. The van der Waals surface area contributed by atoms with Crippen molar-refractivity contribution in [2.45, 2.75) is 6.04 Å². The third kappa shape index (κ3) is 2.60. The van der Waals surface area contributed by atoms with Crippen LogP contribution >= 0.6 is 11.3 Å². The highest BCUT2D eigenvalue weighted by atomic mass is 32.1. The van der Waals surface area contributed by atoms with E-state index in [4.69, 9.17) is 0 Å². The zero-order valence-electron chi connectivity index (χ0n) is 14.0. The Hall–Kier alpha value is -3.45. The van der Waals surface area contributed by atoms with E-state index in [-0.39, 0.29) is 11.8 Å². The van der Waals surface area contributed by atoms with Gasteiger partial charge in [0.05, 0.1) is 5.69 Å². The van der Waals surface area contributed by atoms with E-state index in [9.17, 15) is 9.59 Å².